The molecule has 1 heterocycles. The average Bonchev–Trinajstić information content (AvgIpc) is 2.56. The van der Waals surface area contributed by atoms with Gasteiger partial charge in [-0.1, -0.05) is 29.8 Å². The SMILES string of the molecule is Cc1ccccc1S(=O)(=O)N1CCN(c2ccc(Cl)cc2)CC1. The van der Waals surface area contributed by atoms with Crippen LogP contribution in [-0.4, -0.2) is 38.9 Å². The monoisotopic (exact) mass is 350 g/mol. The first-order chi connectivity index (χ1) is 11.0. The van der Waals surface area contributed by atoms with Gasteiger partial charge in [0.15, 0.2) is 0 Å². The molecule has 1 fully saturated rings. The zero-order valence-corrected chi connectivity index (χ0v) is 14.5. The van der Waals surface area contributed by atoms with E-state index < -0.39 is 10.0 Å². The smallest absolute Gasteiger partial charge is 0.243 e. The molecule has 0 aliphatic carbocycles. The second kappa shape index (κ2) is 6.51. The van der Waals surface area contributed by atoms with Crippen LogP contribution in [0.25, 0.3) is 0 Å². The number of benzene rings is 2. The van der Waals surface area contributed by atoms with Crippen LogP contribution in [0.4, 0.5) is 5.69 Å². The Hall–Kier alpha value is -1.56. The molecule has 1 saturated heterocycles. The number of sulfonamides is 1. The van der Waals surface area contributed by atoms with Gasteiger partial charge >= 0.3 is 0 Å². The van der Waals surface area contributed by atoms with E-state index in [1.807, 2.05) is 43.3 Å². The average molecular weight is 351 g/mol. The number of halogens is 1. The van der Waals surface area contributed by atoms with Gasteiger partial charge in [0.05, 0.1) is 4.90 Å². The Morgan fingerprint density at radius 1 is 0.913 bits per heavy atom. The fourth-order valence-corrected chi connectivity index (χ4v) is 4.60. The summed E-state index contributed by atoms with van der Waals surface area (Å²) in [6, 6.07) is 14.8. The Labute approximate surface area is 142 Å². The summed E-state index contributed by atoms with van der Waals surface area (Å²) in [6.07, 6.45) is 0. The first-order valence-corrected chi connectivity index (χ1v) is 9.36. The van der Waals surface area contributed by atoms with Crippen LogP contribution in [-0.2, 0) is 10.0 Å². The maximum absolute atomic E-state index is 12.8. The predicted molar refractivity (Wildman–Crippen MR) is 93.6 cm³/mol. The standard InChI is InChI=1S/C17H19ClN2O2S/c1-14-4-2-3-5-17(14)23(21,22)20-12-10-19(11-13-20)16-8-6-15(18)7-9-16/h2-9H,10-13H2,1H3. The van der Waals surface area contributed by atoms with E-state index >= 15 is 0 Å². The fraction of sp³-hybridized carbons (Fsp3) is 0.294. The van der Waals surface area contributed by atoms with E-state index in [1.165, 1.54) is 0 Å². The van der Waals surface area contributed by atoms with Gasteiger partial charge in [0.25, 0.3) is 0 Å². The summed E-state index contributed by atoms with van der Waals surface area (Å²) in [5, 5.41) is 0.703. The van der Waals surface area contributed by atoms with E-state index in [9.17, 15) is 8.42 Å². The Morgan fingerprint density at radius 3 is 2.13 bits per heavy atom. The minimum atomic E-state index is -3.42. The molecule has 6 heteroatoms. The van der Waals surface area contributed by atoms with Crippen molar-refractivity contribution in [2.75, 3.05) is 31.1 Å². The van der Waals surface area contributed by atoms with E-state index in [1.54, 1.807) is 16.4 Å². The lowest BCUT2D eigenvalue weighted by atomic mass is 10.2. The number of nitrogens with zero attached hydrogens (tertiary/aromatic N) is 2. The Morgan fingerprint density at radius 2 is 1.52 bits per heavy atom. The number of anilines is 1. The van der Waals surface area contributed by atoms with E-state index in [0.29, 0.717) is 36.1 Å². The van der Waals surface area contributed by atoms with E-state index in [2.05, 4.69) is 4.90 Å². The van der Waals surface area contributed by atoms with Crippen LogP contribution in [0.3, 0.4) is 0 Å². The van der Waals surface area contributed by atoms with Gasteiger partial charge in [-0.25, -0.2) is 8.42 Å². The molecule has 1 aliphatic heterocycles. The van der Waals surface area contributed by atoms with Crippen molar-refractivity contribution in [1.29, 1.82) is 0 Å². The number of hydrogen-bond acceptors (Lipinski definition) is 3. The third kappa shape index (κ3) is 3.37. The molecule has 0 spiro atoms. The minimum absolute atomic E-state index is 0.403. The molecule has 0 bridgehead atoms. The molecule has 0 N–H and O–H groups in total. The van der Waals surface area contributed by atoms with Crippen LogP contribution in [0.5, 0.6) is 0 Å². The largest absolute Gasteiger partial charge is 0.369 e. The molecule has 122 valence electrons. The lowest BCUT2D eigenvalue weighted by Gasteiger charge is -2.35. The number of hydrogen-bond donors (Lipinski definition) is 0. The Balaban J connectivity index is 1.74. The highest BCUT2D eigenvalue weighted by Gasteiger charge is 2.29. The molecule has 0 atom stereocenters. The second-order valence-electron chi connectivity index (χ2n) is 5.63. The zero-order valence-electron chi connectivity index (χ0n) is 12.9. The maximum Gasteiger partial charge on any atom is 0.243 e. The molecule has 2 aromatic rings. The second-order valence-corrected chi connectivity index (χ2v) is 7.98. The van der Waals surface area contributed by atoms with Gasteiger partial charge in [-0.2, -0.15) is 4.31 Å². The van der Waals surface area contributed by atoms with Crippen LogP contribution in [0, 0.1) is 6.92 Å². The van der Waals surface area contributed by atoms with Gasteiger partial charge in [-0.15, -0.1) is 0 Å². The minimum Gasteiger partial charge on any atom is -0.369 e. The molecule has 0 aromatic heterocycles. The van der Waals surface area contributed by atoms with Crippen molar-refractivity contribution in [3.63, 3.8) is 0 Å². The van der Waals surface area contributed by atoms with Crippen molar-refractivity contribution in [3.8, 4) is 0 Å². The van der Waals surface area contributed by atoms with Gasteiger partial charge < -0.3 is 4.90 Å². The maximum atomic E-state index is 12.8. The number of aryl methyl sites for hydroxylation is 1. The predicted octanol–water partition coefficient (Wildman–Crippen LogP) is 3.16. The summed E-state index contributed by atoms with van der Waals surface area (Å²) >= 11 is 5.91. The highest BCUT2D eigenvalue weighted by molar-refractivity contribution is 7.89. The Bertz CT molecular complexity index is 782. The van der Waals surface area contributed by atoms with Crippen LogP contribution in [0.1, 0.15) is 5.56 Å². The van der Waals surface area contributed by atoms with Crippen molar-refractivity contribution in [3.05, 3.63) is 59.1 Å². The highest BCUT2D eigenvalue weighted by Crippen LogP contribution is 2.23. The highest BCUT2D eigenvalue weighted by atomic mass is 35.5. The number of piperazine rings is 1. The molecule has 0 saturated carbocycles. The van der Waals surface area contributed by atoms with E-state index in [-0.39, 0.29) is 0 Å². The van der Waals surface area contributed by atoms with Crippen molar-refractivity contribution < 1.29 is 8.42 Å². The molecule has 0 unspecified atom stereocenters. The van der Waals surface area contributed by atoms with Crippen LogP contribution in [0.2, 0.25) is 5.02 Å². The van der Waals surface area contributed by atoms with E-state index in [0.717, 1.165) is 11.3 Å². The molecule has 2 aromatic carbocycles. The molecule has 0 amide bonds. The van der Waals surface area contributed by atoms with Crippen molar-refractivity contribution in [1.82, 2.24) is 4.31 Å². The van der Waals surface area contributed by atoms with Gasteiger partial charge in [-0.05, 0) is 42.8 Å². The molecule has 3 rings (SSSR count). The first kappa shape index (κ1) is 16.3. The summed E-state index contributed by atoms with van der Waals surface area (Å²) < 4.78 is 27.1. The summed E-state index contributed by atoms with van der Waals surface area (Å²) in [6.45, 7) is 4.15. The number of rotatable bonds is 3. The molecular formula is C17H19ClN2O2S. The van der Waals surface area contributed by atoms with Crippen molar-refractivity contribution in [2.24, 2.45) is 0 Å². The summed E-state index contributed by atoms with van der Waals surface area (Å²) in [7, 11) is -3.42. The zero-order chi connectivity index (χ0) is 16.4. The van der Waals surface area contributed by atoms with Crippen LogP contribution >= 0.6 is 11.6 Å². The fourth-order valence-electron chi connectivity index (χ4n) is 2.82. The molecule has 0 radical (unpaired) electrons. The molecule has 23 heavy (non-hydrogen) atoms. The van der Waals surface area contributed by atoms with Crippen molar-refractivity contribution >= 4 is 27.3 Å². The van der Waals surface area contributed by atoms with Crippen LogP contribution in [0.15, 0.2) is 53.4 Å². The van der Waals surface area contributed by atoms with Crippen molar-refractivity contribution in [2.45, 2.75) is 11.8 Å². The van der Waals surface area contributed by atoms with E-state index in [4.69, 9.17) is 11.6 Å². The molecule has 4 nitrogen and oxygen atoms in total. The molecule has 1 aliphatic rings. The summed E-state index contributed by atoms with van der Waals surface area (Å²) in [5.74, 6) is 0. The third-order valence-corrected chi connectivity index (χ3v) is 6.45. The lowest BCUT2D eigenvalue weighted by Crippen LogP contribution is -2.48. The van der Waals surface area contributed by atoms with Gasteiger partial charge in [0, 0.05) is 36.9 Å². The quantitative estimate of drug-likeness (QED) is 0.853. The van der Waals surface area contributed by atoms with Gasteiger partial charge in [-0.3, -0.25) is 0 Å². The Kier molecular flexibility index (Phi) is 4.62. The van der Waals surface area contributed by atoms with Gasteiger partial charge in [0.1, 0.15) is 0 Å². The third-order valence-electron chi connectivity index (χ3n) is 4.14. The summed E-state index contributed by atoms with van der Waals surface area (Å²) in [5.41, 5.74) is 1.86. The van der Waals surface area contributed by atoms with Crippen LogP contribution < -0.4 is 4.90 Å². The topological polar surface area (TPSA) is 40.6 Å². The van der Waals surface area contributed by atoms with Gasteiger partial charge in [0.2, 0.25) is 10.0 Å². The first-order valence-electron chi connectivity index (χ1n) is 7.55. The lowest BCUT2D eigenvalue weighted by molar-refractivity contribution is 0.384. The summed E-state index contributed by atoms with van der Waals surface area (Å²) in [4.78, 5) is 2.58. The normalized spacial score (nSPS) is 16.5. The molecular weight excluding hydrogens is 332 g/mol.